The third kappa shape index (κ3) is 8.51. The highest BCUT2D eigenvalue weighted by molar-refractivity contribution is 5.97. The first-order valence-electron chi connectivity index (χ1n) is 11.0. The Labute approximate surface area is 188 Å². The van der Waals surface area contributed by atoms with Gasteiger partial charge >= 0.3 is 5.69 Å². The fourth-order valence-electron chi connectivity index (χ4n) is 3.28. The van der Waals surface area contributed by atoms with E-state index >= 15 is 0 Å². The molecule has 2 N–H and O–H groups in total. The van der Waals surface area contributed by atoms with E-state index in [1.54, 1.807) is 0 Å². The summed E-state index contributed by atoms with van der Waals surface area (Å²) in [6.45, 7) is 2.21. The zero-order chi connectivity index (χ0) is 23.3. The van der Waals surface area contributed by atoms with Gasteiger partial charge < -0.3 is 14.9 Å². The summed E-state index contributed by atoms with van der Waals surface area (Å²) in [6.07, 6.45) is 10.1. The quantitative estimate of drug-likeness (QED) is 0.0967. The topological polar surface area (TPSA) is 110 Å². The number of benzene rings is 2. The van der Waals surface area contributed by atoms with Gasteiger partial charge in [-0.3, -0.25) is 14.9 Å². The molecule has 0 amide bonds. The van der Waals surface area contributed by atoms with E-state index in [0.717, 1.165) is 25.0 Å². The van der Waals surface area contributed by atoms with Gasteiger partial charge in [0, 0.05) is 18.1 Å². The predicted octanol–water partition coefficient (Wildman–Crippen LogP) is 5.73. The van der Waals surface area contributed by atoms with Gasteiger partial charge in [0.15, 0.2) is 11.5 Å². The molecule has 0 aliphatic rings. The SMILES string of the molecule is CCCCCCCCc1ccc(OC(O)C=CCC(=O)c2ccc([N+](=O)[O-])c(O)c2)cc1. The lowest BCUT2D eigenvalue weighted by atomic mass is 10.0. The van der Waals surface area contributed by atoms with Gasteiger partial charge in [0.25, 0.3) is 0 Å². The number of hydrogen-bond acceptors (Lipinski definition) is 6. The molecule has 1 unspecified atom stereocenters. The number of aromatic hydroxyl groups is 1. The average molecular weight is 442 g/mol. The van der Waals surface area contributed by atoms with Crippen LogP contribution < -0.4 is 4.74 Å². The molecule has 0 heterocycles. The molecule has 0 saturated carbocycles. The number of carbonyl (C=O) groups is 1. The number of rotatable bonds is 14. The number of ketones is 1. The molecule has 2 aromatic rings. The van der Waals surface area contributed by atoms with E-state index in [1.807, 2.05) is 24.3 Å². The molecule has 32 heavy (non-hydrogen) atoms. The Hall–Kier alpha value is -3.19. The molecule has 0 radical (unpaired) electrons. The van der Waals surface area contributed by atoms with Gasteiger partial charge in [0.2, 0.25) is 6.29 Å². The van der Waals surface area contributed by atoms with Gasteiger partial charge in [-0.1, -0.05) is 57.2 Å². The van der Waals surface area contributed by atoms with E-state index in [4.69, 9.17) is 4.74 Å². The number of unbranched alkanes of at least 4 members (excludes halogenated alkanes) is 5. The molecule has 0 aliphatic carbocycles. The number of aliphatic hydroxyl groups excluding tert-OH is 1. The van der Waals surface area contributed by atoms with Gasteiger partial charge in [-0.05, 0) is 48.7 Å². The van der Waals surface area contributed by atoms with E-state index in [1.165, 1.54) is 55.9 Å². The largest absolute Gasteiger partial charge is 0.502 e. The van der Waals surface area contributed by atoms with Crippen LogP contribution in [0.15, 0.2) is 54.6 Å². The molecule has 0 aliphatic heterocycles. The number of nitro benzene ring substituents is 1. The summed E-state index contributed by atoms with van der Waals surface area (Å²) in [6, 6.07) is 11.0. The van der Waals surface area contributed by atoms with Gasteiger partial charge in [-0.25, -0.2) is 0 Å². The summed E-state index contributed by atoms with van der Waals surface area (Å²) in [5.74, 6) is -0.383. The van der Waals surface area contributed by atoms with Crippen LogP contribution in [-0.4, -0.2) is 27.2 Å². The minimum Gasteiger partial charge on any atom is -0.502 e. The monoisotopic (exact) mass is 441 g/mol. The third-order valence-electron chi connectivity index (χ3n) is 5.10. The number of aliphatic hydroxyl groups is 1. The number of hydrogen-bond donors (Lipinski definition) is 2. The molecule has 7 heteroatoms. The van der Waals surface area contributed by atoms with E-state index in [-0.39, 0.29) is 17.8 Å². The van der Waals surface area contributed by atoms with Crippen molar-refractivity contribution in [2.24, 2.45) is 0 Å². The van der Waals surface area contributed by atoms with Crippen molar-refractivity contribution < 1.29 is 24.7 Å². The molecule has 0 bridgehead atoms. The Morgan fingerprint density at radius 1 is 1.09 bits per heavy atom. The van der Waals surface area contributed by atoms with Crippen LogP contribution in [0.5, 0.6) is 11.5 Å². The Morgan fingerprint density at radius 3 is 2.44 bits per heavy atom. The highest BCUT2D eigenvalue weighted by atomic mass is 16.6. The number of nitro groups is 1. The maximum absolute atomic E-state index is 12.2. The Balaban J connectivity index is 1.76. The van der Waals surface area contributed by atoms with Gasteiger partial charge in [-0.2, -0.15) is 0 Å². The van der Waals surface area contributed by atoms with E-state index in [2.05, 4.69) is 6.92 Å². The number of nitrogens with zero attached hydrogens (tertiary/aromatic N) is 1. The van der Waals surface area contributed by atoms with Crippen LogP contribution in [0.1, 0.15) is 67.8 Å². The van der Waals surface area contributed by atoms with Gasteiger partial charge in [0.05, 0.1) is 4.92 Å². The number of allylic oxidation sites excluding steroid dienone is 1. The second-order valence-corrected chi connectivity index (χ2v) is 7.69. The summed E-state index contributed by atoms with van der Waals surface area (Å²) in [7, 11) is 0. The van der Waals surface area contributed by atoms with Crippen LogP contribution in [0.4, 0.5) is 5.69 Å². The number of phenols is 1. The van der Waals surface area contributed by atoms with Crippen molar-refractivity contribution in [2.45, 2.75) is 64.6 Å². The fraction of sp³-hybridized carbons (Fsp3) is 0.400. The summed E-state index contributed by atoms with van der Waals surface area (Å²) in [5.41, 5.74) is 0.919. The number of Topliss-reactive ketones (excluding diaryl/α,β-unsaturated/α-hetero) is 1. The minimum atomic E-state index is -1.21. The smallest absolute Gasteiger partial charge is 0.310 e. The lowest BCUT2D eigenvalue weighted by Gasteiger charge is -2.10. The van der Waals surface area contributed by atoms with Crippen molar-refractivity contribution in [3.63, 3.8) is 0 Å². The number of ether oxygens (including phenoxy) is 1. The van der Waals surface area contributed by atoms with Crippen LogP contribution in [0.25, 0.3) is 0 Å². The molecule has 2 aromatic carbocycles. The standard InChI is InChI=1S/C25H31NO6/c1-2-3-4-5-6-7-9-19-12-15-21(16-13-19)32-25(29)11-8-10-23(27)20-14-17-22(26(30)31)24(28)18-20/h8,11-18,25,28-29H,2-7,9-10H2,1H3. The number of phenolic OH excluding ortho intramolecular Hbond substituents is 1. The Kier molecular flexibility index (Phi) is 10.4. The Bertz CT molecular complexity index is 907. The lowest BCUT2D eigenvalue weighted by molar-refractivity contribution is -0.385. The summed E-state index contributed by atoms with van der Waals surface area (Å²) in [4.78, 5) is 22.2. The molecule has 0 aromatic heterocycles. The van der Waals surface area contributed by atoms with Crippen LogP contribution in [0.2, 0.25) is 0 Å². The first-order chi connectivity index (χ1) is 15.4. The summed E-state index contributed by atoms with van der Waals surface area (Å²) in [5, 5.41) is 30.4. The molecule has 1 atom stereocenters. The summed E-state index contributed by atoms with van der Waals surface area (Å²) >= 11 is 0. The summed E-state index contributed by atoms with van der Waals surface area (Å²) < 4.78 is 5.43. The van der Waals surface area contributed by atoms with Crippen LogP contribution in [0.3, 0.4) is 0 Å². The van der Waals surface area contributed by atoms with E-state index < -0.39 is 22.7 Å². The van der Waals surface area contributed by atoms with Crippen molar-refractivity contribution in [1.82, 2.24) is 0 Å². The highest BCUT2D eigenvalue weighted by Crippen LogP contribution is 2.26. The molecule has 7 nitrogen and oxygen atoms in total. The Morgan fingerprint density at radius 2 is 1.78 bits per heavy atom. The van der Waals surface area contributed by atoms with E-state index in [0.29, 0.717) is 5.75 Å². The van der Waals surface area contributed by atoms with Gasteiger partial charge in [0.1, 0.15) is 5.75 Å². The van der Waals surface area contributed by atoms with Gasteiger partial charge in [-0.15, -0.1) is 0 Å². The average Bonchev–Trinajstić information content (AvgIpc) is 2.76. The molecular formula is C25H31NO6. The first kappa shape index (κ1) is 25.1. The van der Waals surface area contributed by atoms with Crippen LogP contribution in [0, 0.1) is 10.1 Å². The zero-order valence-electron chi connectivity index (χ0n) is 18.4. The second-order valence-electron chi connectivity index (χ2n) is 7.69. The minimum absolute atomic E-state index is 0.0468. The molecule has 0 spiro atoms. The predicted molar refractivity (Wildman–Crippen MR) is 123 cm³/mol. The van der Waals surface area contributed by atoms with Crippen molar-refractivity contribution in [3.8, 4) is 11.5 Å². The number of carbonyl (C=O) groups excluding carboxylic acids is 1. The molecule has 0 saturated heterocycles. The van der Waals surface area contributed by atoms with E-state index in [9.17, 15) is 25.1 Å². The van der Waals surface area contributed by atoms with Crippen LogP contribution >= 0.6 is 0 Å². The second kappa shape index (κ2) is 13.3. The maximum atomic E-state index is 12.2. The van der Waals surface area contributed by atoms with Crippen LogP contribution in [-0.2, 0) is 6.42 Å². The fourth-order valence-corrected chi connectivity index (χ4v) is 3.28. The molecule has 172 valence electrons. The zero-order valence-corrected chi connectivity index (χ0v) is 18.4. The van der Waals surface area contributed by atoms with Crippen molar-refractivity contribution >= 4 is 11.5 Å². The molecular weight excluding hydrogens is 410 g/mol. The number of aryl methyl sites for hydroxylation is 1. The molecule has 2 rings (SSSR count). The normalized spacial score (nSPS) is 12.1. The molecule has 0 fully saturated rings. The lowest BCUT2D eigenvalue weighted by Crippen LogP contribution is -2.12. The van der Waals surface area contributed by atoms with Crippen molar-refractivity contribution in [1.29, 1.82) is 0 Å². The highest BCUT2D eigenvalue weighted by Gasteiger charge is 2.15. The third-order valence-corrected chi connectivity index (χ3v) is 5.10. The van der Waals surface area contributed by atoms with Crippen molar-refractivity contribution in [2.75, 3.05) is 0 Å². The first-order valence-corrected chi connectivity index (χ1v) is 11.0. The van der Waals surface area contributed by atoms with Crippen molar-refractivity contribution in [3.05, 3.63) is 75.9 Å². The maximum Gasteiger partial charge on any atom is 0.310 e.